The Hall–Kier alpha value is -3.55. The van der Waals surface area contributed by atoms with Crippen molar-refractivity contribution in [3.8, 4) is 23.0 Å². The average molecular weight is 340 g/mol. The molecule has 0 aliphatic heterocycles. The molecule has 2 heterocycles. The van der Waals surface area contributed by atoms with Gasteiger partial charge in [0.25, 0.3) is 0 Å². The molecule has 0 atom stereocenters. The molecule has 0 spiro atoms. The van der Waals surface area contributed by atoms with Gasteiger partial charge < -0.3 is 25.3 Å². The number of anilines is 2. The number of nitrogens with zero attached hydrogens (tertiary/aromatic N) is 2. The van der Waals surface area contributed by atoms with Crippen molar-refractivity contribution < 1.29 is 19.0 Å². The van der Waals surface area contributed by atoms with Gasteiger partial charge in [0, 0.05) is 17.5 Å². The summed E-state index contributed by atoms with van der Waals surface area (Å²) in [6.07, 6.45) is 2.05. The molecule has 0 fully saturated rings. The first-order valence-electron chi connectivity index (χ1n) is 7.31. The molecule has 0 aliphatic carbocycles. The summed E-state index contributed by atoms with van der Waals surface area (Å²) in [4.78, 5) is 18.8. The fourth-order valence-corrected chi connectivity index (χ4v) is 2.34. The number of rotatable bonds is 6. The second-order valence-electron chi connectivity index (χ2n) is 5.01. The van der Waals surface area contributed by atoms with Gasteiger partial charge in [0.05, 0.1) is 25.9 Å². The lowest BCUT2D eigenvalue weighted by Gasteiger charge is -2.13. The van der Waals surface area contributed by atoms with Crippen molar-refractivity contribution in [2.75, 3.05) is 25.3 Å². The number of ether oxygens (including phenoxy) is 3. The first-order chi connectivity index (χ1) is 12.1. The summed E-state index contributed by atoms with van der Waals surface area (Å²) in [5.74, 6) is 2.81. The van der Waals surface area contributed by atoms with E-state index in [0.29, 0.717) is 51.9 Å². The van der Waals surface area contributed by atoms with E-state index < -0.39 is 0 Å². The predicted octanol–water partition coefficient (Wildman–Crippen LogP) is 2.59. The van der Waals surface area contributed by atoms with Gasteiger partial charge in [0.15, 0.2) is 11.5 Å². The van der Waals surface area contributed by atoms with Gasteiger partial charge in [-0.25, -0.2) is 9.97 Å². The van der Waals surface area contributed by atoms with E-state index in [1.807, 2.05) is 0 Å². The molecule has 25 heavy (non-hydrogen) atoms. The highest BCUT2D eigenvalue weighted by Crippen LogP contribution is 2.37. The van der Waals surface area contributed by atoms with Gasteiger partial charge in [-0.05, 0) is 18.2 Å². The maximum Gasteiger partial charge on any atom is 0.212 e. The minimum absolute atomic E-state index is 0.307. The molecule has 0 saturated carbocycles. The normalized spacial score (nSPS) is 10.3. The Morgan fingerprint density at radius 2 is 1.84 bits per heavy atom. The van der Waals surface area contributed by atoms with Crippen molar-refractivity contribution in [3.63, 3.8) is 0 Å². The van der Waals surface area contributed by atoms with Gasteiger partial charge in [0.1, 0.15) is 23.1 Å². The molecule has 0 aliphatic rings. The lowest BCUT2D eigenvalue weighted by molar-refractivity contribution is -0.105. The van der Waals surface area contributed by atoms with Crippen LogP contribution in [0.2, 0.25) is 0 Å². The van der Waals surface area contributed by atoms with E-state index in [1.54, 1.807) is 44.6 Å². The molecule has 0 radical (unpaired) electrons. The summed E-state index contributed by atoms with van der Waals surface area (Å²) >= 11 is 0. The molecule has 3 N–H and O–H groups in total. The molecule has 8 nitrogen and oxygen atoms in total. The fraction of sp³-hybridized carbons (Fsp3) is 0.118. The van der Waals surface area contributed by atoms with Gasteiger partial charge >= 0.3 is 0 Å². The first kappa shape index (κ1) is 16.3. The van der Waals surface area contributed by atoms with Gasteiger partial charge in [-0.3, -0.25) is 4.79 Å². The molecule has 0 bridgehead atoms. The molecule has 128 valence electrons. The Labute approximate surface area is 143 Å². The number of amides is 1. The van der Waals surface area contributed by atoms with Crippen LogP contribution in [-0.4, -0.2) is 30.6 Å². The minimum atomic E-state index is 0.307. The zero-order chi connectivity index (χ0) is 17.8. The molecule has 1 amide bonds. The van der Waals surface area contributed by atoms with E-state index in [1.165, 1.54) is 6.20 Å². The van der Waals surface area contributed by atoms with Crippen LogP contribution in [0.15, 0.2) is 36.5 Å². The van der Waals surface area contributed by atoms with Crippen molar-refractivity contribution in [3.05, 3.63) is 36.5 Å². The lowest BCUT2D eigenvalue weighted by atomic mass is 10.1. The summed E-state index contributed by atoms with van der Waals surface area (Å²) < 4.78 is 16.5. The molecule has 8 heteroatoms. The molecule has 0 saturated heterocycles. The Balaban J connectivity index is 2.03. The Morgan fingerprint density at radius 3 is 2.48 bits per heavy atom. The largest absolute Gasteiger partial charge is 0.493 e. The van der Waals surface area contributed by atoms with E-state index >= 15 is 0 Å². The number of nitrogens with one attached hydrogen (secondary N) is 1. The average Bonchev–Trinajstić information content (AvgIpc) is 2.62. The quantitative estimate of drug-likeness (QED) is 0.664. The standard InChI is InChI=1S/C17H16N4O4/c1-23-14-5-11-12(6-15(14)24-2)21-16(18)7-13(11)25-10-3-4-17(19-8-10)20-9-22/h3-9H,1-2H3,(H2,18,21)(H,19,20,22). The van der Waals surface area contributed by atoms with Crippen LogP contribution in [-0.2, 0) is 4.79 Å². The molecule has 2 aromatic heterocycles. The molecule has 0 unspecified atom stereocenters. The van der Waals surface area contributed by atoms with Crippen LogP contribution >= 0.6 is 0 Å². The number of hydrogen-bond donors (Lipinski definition) is 2. The second kappa shape index (κ2) is 6.91. The second-order valence-corrected chi connectivity index (χ2v) is 5.01. The summed E-state index contributed by atoms with van der Waals surface area (Å²) in [5, 5.41) is 3.17. The third-order valence-corrected chi connectivity index (χ3v) is 3.47. The molecule has 3 aromatic rings. The van der Waals surface area contributed by atoms with Crippen LogP contribution in [0.4, 0.5) is 11.6 Å². The minimum Gasteiger partial charge on any atom is -0.493 e. The van der Waals surface area contributed by atoms with Crippen LogP contribution in [0.1, 0.15) is 0 Å². The van der Waals surface area contributed by atoms with Crippen molar-refractivity contribution in [2.45, 2.75) is 0 Å². The summed E-state index contributed by atoms with van der Waals surface area (Å²) in [6, 6.07) is 8.42. The van der Waals surface area contributed by atoms with E-state index in [-0.39, 0.29) is 0 Å². The van der Waals surface area contributed by atoms with Gasteiger partial charge in [0.2, 0.25) is 6.41 Å². The summed E-state index contributed by atoms with van der Waals surface area (Å²) in [5.41, 5.74) is 6.49. The third kappa shape index (κ3) is 3.37. The van der Waals surface area contributed by atoms with Gasteiger partial charge in [-0.15, -0.1) is 0 Å². The third-order valence-electron chi connectivity index (χ3n) is 3.47. The number of carbonyl (C=O) groups is 1. The number of benzene rings is 1. The maximum atomic E-state index is 10.4. The smallest absolute Gasteiger partial charge is 0.212 e. The summed E-state index contributed by atoms with van der Waals surface area (Å²) in [7, 11) is 3.10. The number of methoxy groups -OCH3 is 2. The van der Waals surface area contributed by atoms with Crippen molar-refractivity contribution in [1.82, 2.24) is 9.97 Å². The topological polar surface area (TPSA) is 109 Å². The number of nitrogens with two attached hydrogens (primary N) is 1. The van der Waals surface area contributed by atoms with Crippen LogP contribution in [0.5, 0.6) is 23.0 Å². The van der Waals surface area contributed by atoms with E-state index in [9.17, 15) is 4.79 Å². The first-order valence-corrected chi connectivity index (χ1v) is 7.31. The number of fused-ring (bicyclic) bond motifs is 1. The Morgan fingerprint density at radius 1 is 1.08 bits per heavy atom. The zero-order valence-corrected chi connectivity index (χ0v) is 13.6. The zero-order valence-electron chi connectivity index (χ0n) is 13.6. The highest BCUT2D eigenvalue weighted by atomic mass is 16.5. The Bertz CT molecular complexity index is 913. The van der Waals surface area contributed by atoms with Gasteiger partial charge in [-0.2, -0.15) is 0 Å². The lowest BCUT2D eigenvalue weighted by Crippen LogP contribution is -1.98. The number of hydrogen-bond acceptors (Lipinski definition) is 7. The van der Waals surface area contributed by atoms with E-state index in [2.05, 4.69) is 15.3 Å². The van der Waals surface area contributed by atoms with Crippen LogP contribution in [0.25, 0.3) is 10.9 Å². The number of pyridine rings is 2. The monoisotopic (exact) mass is 340 g/mol. The highest BCUT2D eigenvalue weighted by Gasteiger charge is 2.13. The van der Waals surface area contributed by atoms with Crippen LogP contribution < -0.4 is 25.3 Å². The predicted molar refractivity (Wildman–Crippen MR) is 93.3 cm³/mol. The SMILES string of the molecule is COc1cc2nc(N)cc(Oc3ccc(NC=O)nc3)c2cc1OC. The van der Waals surface area contributed by atoms with Gasteiger partial charge in [-0.1, -0.05) is 0 Å². The number of nitrogen functional groups attached to an aromatic ring is 1. The maximum absolute atomic E-state index is 10.4. The molecular formula is C17H16N4O4. The molecule has 1 aromatic carbocycles. The molecule has 3 rings (SSSR count). The van der Waals surface area contributed by atoms with E-state index in [0.717, 1.165) is 0 Å². The van der Waals surface area contributed by atoms with E-state index in [4.69, 9.17) is 19.9 Å². The number of carbonyl (C=O) groups excluding carboxylic acids is 1. The molecular weight excluding hydrogens is 324 g/mol. The van der Waals surface area contributed by atoms with Crippen molar-refractivity contribution >= 4 is 28.9 Å². The summed E-state index contributed by atoms with van der Waals surface area (Å²) in [6.45, 7) is 0. The highest BCUT2D eigenvalue weighted by molar-refractivity contribution is 5.90. The van der Waals surface area contributed by atoms with Crippen LogP contribution in [0, 0.1) is 0 Å². The van der Waals surface area contributed by atoms with Crippen LogP contribution in [0.3, 0.4) is 0 Å². The Kier molecular flexibility index (Phi) is 4.51. The number of aromatic nitrogens is 2. The van der Waals surface area contributed by atoms with Crippen molar-refractivity contribution in [1.29, 1.82) is 0 Å². The fourth-order valence-electron chi connectivity index (χ4n) is 2.34. The van der Waals surface area contributed by atoms with Crippen molar-refractivity contribution in [2.24, 2.45) is 0 Å².